The van der Waals surface area contributed by atoms with Crippen molar-refractivity contribution in [2.24, 2.45) is 0 Å². The lowest BCUT2D eigenvalue weighted by Gasteiger charge is -2.09. The fraction of sp³-hybridized carbons (Fsp3) is 0.158. The molecule has 0 fully saturated rings. The summed E-state index contributed by atoms with van der Waals surface area (Å²) in [4.78, 5) is 37.2. The molecule has 0 aliphatic heterocycles. The lowest BCUT2D eigenvalue weighted by molar-refractivity contribution is -0.119. The van der Waals surface area contributed by atoms with E-state index in [0.717, 1.165) is 16.0 Å². The molecule has 1 aromatic heterocycles. The molecule has 2 amide bonds. The molecule has 0 unspecified atom stereocenters. The second-order valence-electron chi connectivity index (χ2n) is 6.01. The maximum absolute atomic E-state index is 12.3. The van der Waals surface area contributed by atoms with Crippen molar-refractivity contribution in [1.82, 2.24) is 21.0 Å². The molecule has 0 bridgehead atoms. The van der Waals surface area contributed by atoms with Gasteiger partial charge in [-0.05, 0) is 31.5 Å². The molecule has 7 nitrogen and oxygen atoms in total. The molecule has 3 rings (SSSR count). The Morgan fingerprint density at radius 3 is 2.59 bits per heavy atom. The van der Waals surface area contributed by atoms with Gasteiger partial charge in [-0.15, -0.1) is 11.8 Å². The number of hydrogen-bond acceptors (Lipinski definition) is 5. The van der Waals surface area contributed by atoms with E-state index >= 15 is 0 Å². The van der Waals surface area contributed by atoms with Gasteiger partial charge in [-0.3, -0.25) is 25.2 Å². The van der Waals surface area contributed by atoms with Crippen LogP contribution in [-0.2, 0) is 4.79 Å². The van der Waals surface area contributed by atoms with Crippen LogP contribution in [0.4, 0.5) is 0 Å². The van der Waals surface area contributed by atoms with Gasteiger partial charge >= 0.3 is 0 Å². The molecule has 3 N–H and O–H groups in total. The minimum atomic E-state index is -0.604. The molecular formula is C19H18N4O3S. The molecule has 3 aromatic rings. The van der Waals surface area contributed by atoms with Crippen LogP contribution in [0.15, 0.2) is 52.2 Å². The van der Waals surface area contributed by atoms with Crippen molar-refractivity contribution in [1.29, 1.82) is 0 Å². The van der Waals surface area contributed by atoms with Gasteiger partial charge in [-0.25, -0.2) is 5.10 Å². The molecule has 2 aromatic carbocycles. The molecule has 1 heterocycles. The third kappa shape index (κ3) is 4.35. The summed E-state index contributed by atoms with van der Waals surface area (Å²) in [5.74, 6) is -0.791. The van der Waals surface area contributed by atoms with E-state index in [2.05, 4.69) is 21.0 Å². The van der Waals surface area contributed by atoms with Crippen LogP contribution in [0.25, 0.3) is 10.8 Å². The summed E-state index contributed by atoms with van der Waals surface area (Å²) in [6.45, 7) is 3.97. The average molecular weight is 382 g/mol. The van der Waals surface area contributed by atoms with Crippen molar-refractivity contribution in [3.05, 3.63) is 69.6 Å². The number of benzene rings is 2. The number of aromatic nitrogens is 2. The number of fused-ring (bicyclic) bond motifs is 1. The molecule has 0 saturated carbocycles. The van der Waals surface area contributed by atoms with Crippen molar-refractivity contribution >= 4 is 34.3 Å². The highest BCUT2D eigenvalue weighted by atomic mass is 32.2. The Labute approximate surface area is 159 Å². The number of carbonyl (C=O) groups is 2. The van der Waals surface area contributed by atoms with Crippen molar-refractivity contribution < 1.29 is 9.59 Å². The standard InChI is InChI=1S/C19H18N4O3S/c1-11-7-8-12(2)15(9-11)27-10-16(24)20-23-19(26)17-13-5-3-4-6-14(13)18(25)22-21-17/h3-9H,10H2,1-2H3,(H,20,24)(H,22,25)(H,23,26). The minimum absolute atomic E-state index is 0.0349. The number of H-pyrrole nitrogens is 1. The third-order valence-electron chi connectivity index (χ3n) is 3.93. The van der Waals surface area contributed by atoms with Crippen LogP contribution in [0.5, 0.6) is 0 Å². The summed E-state index contributed by atoms with van der Waals surface area (Å²) < 4.78 is 0. The van der Waals surface area contributed by atoms with Crippen LogP contribution in [0, 0.1) is 13.8 Å². The van der Waals surface area contributed by atoms with E-state index in [-0.39, 0.29) is 22.9 Å². The lowest BCUT2D eigenvalue weighted by atomic mass is 10.1. The molecule has 27 heavy (non-hydrogen) atoms. The molecule has 138 valence electrons. The highest BCUT2D eigenvalue weighted by Crippen LogP contribution is 2.23. The number of nitrogens with zero attached hydrogens (tertiary/aromatic N) is 1. The number of hydrazine groups is 1. The van der Waals surface area contributed by atoms with Crippen molar-refractivity contribution in [2.75, 3.05) is 5.75 Å². The summed E-state index contributed by atoms with van der Waals surface area (Å²) in [7, 11) is 0. The average Bonchev–Trinajstić information content (AvgIpc) is 2.67. The van der Waals surface area contributed by atoms with Gasteiger partial charge in [0.25, 0.3) is 11.5 Å². The molecule has 0 aliphatic rings. The van der Waals surface area contributed by atoms with E-state index in [4.69, 9.17) is 0 Å². The van der Waals surface area contributed by atoms with E-state index < -0.39 is 5.91 Å². The number of aromatic amines is 1. The smallest absolute Gasteiger partial charge is 0.272 e. The Balaban J connectivity index is 1.62. The zero-order valence-electron chi connectivity index (χ0n) is 14.8. The Hall–Kier alpha value is -3.13. The molecule has 0 radical (unpaired) electrons. The number of hydrogen-bond donors (Lipinski definition) is 3. The topological polar surface area (TPSA) is 104 Å². The van der Waals surface area contributed by atoms with E-state index in [1.165, 1.54) is 11.8 Å². The quantitative estimate of drug-likeness (QED) is 0.473. The number of amides is 2. The monoisotopic (exact) mass is 382 g/mol. The second-order valence-corrected chi connectivity index (χ2v) is 7.02. The predicted octanol–water partition coefficient (Wildman–Crippen LogP) is 2.09. The first-order chi connectivity index (χ1) is 13.0. The van der Waals surface area contributed by atoms with Gasteiger partial charge < -0.3 is 0 Å². The first-order valence-corrected chi connectivity index (χ1v) is 9.21. The van der Waals surface area contributed by atoms with E-state index in [9.17, 15) is 14.4 Å². The zero-order chi connectivity index (χ0) is 19.4. The van der Waals surface area contributed by atoms with Gasteiger partial charge in [-0.1, -0.05) is 35.9 Å². The Morgan fingerprint density at radius 1 is 1.07 bits per heavy atom. The van der Waals surface area contributed by atoms with Crippen LogP contribution < -0.4 is 16.4 Å². The summed E-state index contributed by atoms with van der Waals surface area (Å²) in [5.41, 5.74) is 6.57. The normalized spacial score (nSPS) is 10.6. The summed E-state index contributed by atoms with van der Waals surface area (Å²) >= 11 is 1.39. The summed E-state index contributed by atoms with van der Waals surface area (Å²) in [5, 5.41) is 6.85. The SMILES string of the molecule is Cc1ccc(C)c(SCC(=O)NNC(=O)c2n[nH]c(=O)c3ccccc23)c1. The molecule has 0 saturated heterocycles. The lowest BCUT2D eigenvalue weighted by Crippen LogP contribution is -2.43. The Morgan fingerprint density at radius 2 is 1.81 bits per heavy atom. The third-order valence-corrected chi connectivity index (χ3v) is 5.09. The van der Waals surface area contributed by atoms with Crippen molar-refractivity contribution in [3.8, 4) is 0 Å². The zero-order valence-corrected chi connectivity index (χ0v) is 15.6. The van der Waals surface area contributed by atoms with Gasteiger partial charge in [0.1, 0.15) is 0 Å². The van der Waals surface area contributed by atoms with Gasteiger partial charge in [0.2, 0.25) is 5.91 Å². The number of nitrogens with one attached hydrogen (secondary N) is 3. The van der Waals surface area contributed by atoms with Crippen LogP contribution in [0.1, 0.15) is 21.6 Å². The minimum Gasteiger partial charge on any atom is -0.272 e. The molecule has 0 atom stereocenters. The first kappa shape index (κ1) is 18.7. The summed E-state index contributed by atoms with van der Waals surface area (Å²) in [6.07, 6.45) is 0. The molecule has 0 spiro atoms. The van der Waals surface area contributed by atoms with Crippen LogP contribution >= 0.6 is 11.8 Å². The van der Waals surface area contributed by atoms with Crippen LogP contribution in [0.2, 0.25) is 0 Å². The first-order valence-electron chi connectivity index (χ1n) is 8.22. The van der Waals surface area contributed by atoms with Gasteiger partial charge in [0, 0.05) is 10.3 Å². The highest BCUT2D eigenvalue weighted by molar-refractivity contribution is 8.00. The predicted molar refractivity (Wildman–Crippen MR) is 105 cm³/mol. The van der Waals surface area contributed by atoms with Crippen molar-refractivity contribution in [3.63, 3.8) is 0 Å². The largest absolute Gasteiger partial charge is 0.290 e. The second kappa shape index (κ2) is 8.05. The number of aryl methyl sites for hydroxylation is 2. The van der Waals surface area contributed by atoms with Crippen molar-refractivity contribution in [2.45, 2.75) is 18.7 Å². The van der Waals surface area contributed by atoms with Gasteiger partial charge in [0.05, 0.1) is 11.1 Å². The van der Waals surface area contributed by atoms with Gasteiger partial charge in [-0.2, -0.15) is 5.10 Å². The van der Waals surface area contributed by atoms with E-state index in [1.807, 2.05) is 32.0 Å². The maximum Gasteiger partial charge on any atom is 0.290 e. The molecular weight excluding hydrogens is 364 g/mol. The maximum atomic E-state index is 12.3. The number of rotatable bonds is 4. The number of thioether (sulfide) groups is 1. The van der Waals surface area contributed by atoms with Gasteiger partial charge in [0.15, 0.2) is 5.69 Å². The Kier molecular flexibility index (Phi) is 5.56. The highest BCUT2D eigenvalue weighted by Gasteiger charge is 2.14. The van der Waals surface area contributed by atoms with Crippen LogP contribution in [-0.4, -0.2) is 27.8 Å². The Bertz CT molecular complexity index is 1080. The fourth-order valence-corrected chi connectivity index (χ4v) is 3.44. The molecule has 0 aliphatic carbocycles. The van der Waals surface area contributed by atoms with E-state index in [1.54, 1.807) is 24.3 Å². The van der Waals surface area contributed by atoms with E-state index in [0.29, 0.717) is 10.8 Å². The molecule has 8 heteroatoms. The summed E-state index contributed by atoms with van der Waals surface area (Å²) in [6, 6.07) is 12.7. The van der Waals surface area contributed by atoms with Crippen LogP contribution in [0.3, 0.4) is 0 Å². The number of carbonyl (C=O) groups excluding carboxylic acids is 2. The fourth-order valence-electron chi connectivity index (χ4n) is 2.52.